The summed E-state index contributed by atoms with van der Waals surface area (Å²) in [4.78, 5) is 29.7. The van der Waals surface area contributed by atoms with E-state index in [9.17, 15) is 14.7 Å². The van der Waals surface area contributed by atoms with Gasteiger partial charge in [-0.05, 0) is 101 Å². The van der Waals surface area contributed by atoms with E-state index in [1.165, 1.54) is 23.1 Å². The Kier molecular flexibility index (Phi) is 9.02. The number of aryl methyl sites for hydroxylation is 1. The van der Waals surface area contributed by atoms with Gasteiger partial charge in [-0.2, -0.15) is 0 Å². The lowest BCUT2D eigenvalue weighted by Gasteiger charge is -2.56. The molecule has 0 unspecified atom stereocenters. The van der Waals surface area contributed by atoms with Crippen LogP contribution in [0.2, 0.25) is 0 Å². The summed E-state index contributed by atoms with van der Waals surface area (Å²) < 4.78 is 7.91. The zero-order valence-corrected chi connectivity index (χ0v) is 29.5. The molecule has 50 heavy (non-hydrogen) atoms. The van der Waals surface area contributed by atoms with Gasteiger partial charge < -0.3 is 19.7 Å². The number of aliphatic carboxylic acids is 1. The summed E-state index contributed by atoms with van der Waals surface area (Å²) in [6, 6.07) is 30.4. The average Bonchev–Trinajstić information content (AvgIpc) is 3.46. The molecule has 4 aromatic carbocycles. The third-order valence-corrected chi connectivity index (χ3v) is 11.4. The van der Waals surface area contributed by atoms with Crippen molar-refractivity contribution in [3.8, 4) is 17.1 Å². The molecule has 3 atom stereocenters. The van der Waals surface area contributed by atoms with E-state index in [-0.39, 0.29) is 16.7 Å². The van der Waals surface area contributed by atoms with Gasteiger partial charge in [-0.3, -0.25) is 4.79 Å². The second-order valence-electron chi connectivity index (χ2n) is 15.2. The summed E-state index contributed by atoms with van der Waals surface area (Å²) in [5, 5.41) is 12.3. The minimum atomic E-state index is -1.02. The summed E-state index contributed by atoms with van der Waals surface area (Å²) in [5.74, 6) is 1.09. The Bertz CT molecular complexity index is 2050. The quantitative estimate of drug-likeness (QED) is 0.155. The normalized spacial score (nSPS) is 21.4. The number of imidazole rings is 1. The third kappa shape index (κ3) is 6.41. The van der Waals surface area contributed by atoms with Gasteiger partial charge >= 0.3 is 5.97 Å². The van der Waals surface area contributed by atoms with Crippen LogP contribution in [0.3, 0.4) is 0 Å². The molecule has 0 aliphatic heterocycles. The number of carbonyl (C=O) groups excluding carboxylic acids is 1. The largest absolute Gasteiger partial charge is 0.482 e. The van der Waals surface area contributed by atoms with Gasteiger partial charge in [0.05, 0.1) is 11.0 Å². The van der Waals surface area contributed by atoms with Crippen LogP contribution < -0.4 is 10.1 Å². The molecular formula is C43H47N3O4. The van der Waals surface area contributed by atoms with Crippen molar-refractivity contribution in [2.45, 2.75) is 84.2 Å². The van der Waals surface area contributed by atoms with Crippen molar-refractivity contribution >= 4 is 22.9 Å². The number of fused-ring (bicyclic) bond motifs is 4. The lowest BCUT2D eigenvalue weighted by atomic mass is 9.49. The number of ether oxygens (including phenoxy) is 1. The Morgan fingerprint density at radius 2 is 1.80 bits per heavy atom. The Morgan fingerprint density at radius 1 is 0.980 bits per heavy atom. The minimum absolute atomic E-state index is 0.00701. The van der Waals surface area contributed by atoms with E-state index in [0.29, 0.717) is 29.7 Å². The van der Waals surface area contributed by atoms with Crippen LogP contribution in [-0.2, 0) is 29.7 Å². The van der Waals surface area contributed by atoms with E-state index in [0.717, 1.165) is 60.2 Å². The fourth-order valence-electron chi connectivity index (χ4n) is 8.96. The Labute approximate surface area is 294 Å². The fourth-order valence-corrected chi connectivity index (χ4v) is 8.96. The lowest BCUT2D eigenvalue weighted by molar-refractivity contribution is -0.139. The number of aromatic nitrogens is 2. The average molecular weight is 670 g/mol. The van der Waals surface area contributed by atoms with Crippen molar-refractivity contribution in [2.24, 2.45) is 11.3 Å². The van der Waals surface area contributed by atoms with Crippen molar-refractivity contribution in [3.05, 3.63) is 119 Å². The SMILES string of the molecule is CC(C)c1ccc2c(c1)CC[C@H]1[C@](C)(Cn3c(-c4cccc(OCC(=O)O)c4)nc4cc(C(=O)NCc5ccccc5)ccc43)CCC[C@]21C. The maximum Gasteiger partial charge on any atom is 0.341 e. The molecule has 7 heteroatoms. The maximum absolute atomic E-state index is 13.3. The molecule has 7 nitrogen and oxygen atoms in total. The molecular weight excluding hydrogens is 622 g/mol. The van der Waals surface area contributed by atoms with Gasteiger partial charge in [0, 0.05) is 24.2 Å². The predicted molar refractivity (Wildman–Crippen MR) is 198 cm³/mol. The van der Waals surface area contributed by atoms with E-state index >= 15 is 0 Å². The van der Waals surface area contributed by atoms with E-state index in [4.69, 9.17) is 9.72 Å². The number of hydrogen-bond acceptors (Lipinski definition) is 4. The predicted octanol–water partition coefficient (Wildman–Crippen LogP) is 8.93. The Balaban J connectivity index is 1.26. The molecule has 0 spiro atoms. The summed E-state index contributed by atoms with van der Waals surface area (Å²) >= 11 is 0. The standard InChI is InChI=1S/C43H47N3O4/c1-28(2)30-14-17-35-31(22-30)16-19-38-42(3,20-9-21-43(35,38)4)27-46-37-18-15-33(41(49)44-25-29-10-6-5-7-11-29)24-36(37)45-40(46)32-12-8-13-34(23-32)50-26-39(47)48/h5-8,10-15,17-18,22-24,28,38H,9,16,19-21,25-27H2,1-4H3,(H,44,49)(H,47,48)/t38-,42-,43+/m0/s1. The highest BCUT2D eigenvalue weighted by Gasteiger charge is 2.52. The third-order valence-electron chi connectivity index (χ3n) is 11.4. The summed E-state index contributed by atoms with van der Waals surface area (Å²) in [6.07, 6.45) is 5.69. The van der Waals surface area contributed by atoms with Gasteiger partial charge in [-0.1, -0.05) is 94.8 Å². The molecule has 1 heterocycles. The second-order valence-corrected chi connectivity index (χ2v) is 15.2. The highest BCUT2D eigenvalue weighted by Crippen LogP contribution is 2.58. The van der Waals surface area contributed by atoms with Crippen LogP contribution >= 0.6 is 0 Å². The molecule has 1 amide bonds. The summed E-state index contributed by atoms with van der Waals surface area (Å²) in [5.41, 5.74) is 8.70. The Morgan fingerprint density at radius 3 is 2.58 bits per heavy atom. The topological polar surface area (TPSA) is 93.4 Å². The molecule has 0 radical (unpaired) electrons. The van der Waals surface area contributed by atoms with Crippen LogP contribution in [0.1, 0.15) is 91.9 Å². The van der Waals surface area contributed by atoms with Crippen molar-refractivity contribution in [1.82, 2.24) is 14.9 Å². The first kappa shape index (κ1) is 33.6. The molecule has 7 rings (SSSR count). The highest BCUT2D eigenvalue weighted by molar-refractivity contribution is 5.98. The van der Waals surface area contributed by atoms with Gasteiger partial charge in [0.25, 0.3) is 5.91 Å². The smallest absolute Gasteiger partial charge is 0.341 e. The van der Waals surface area contributed by atoms with Crippen molar-refractivity contribution in [1.29, 1.82) is 0 Å². The summed E-state index contributed by atoms with van der Waals surface area (Å²) in [6.45, 7) is 10.3. The first-order chi connectivity index (χ1) is 24.0. The van der Waals surface area contributed by atoms with E-state index < -0.39 is 12.6 Å². The maximum atomic E-state index is 13.3. The first-order valence-electron chi connectivity index (χ1n) is 17.9. The number of carboxylic acid groups (broad SMARTS) is 1. The van der Waals surface area contributed by atoms with Gasteiger partial charge in [0.1, 0.15) is 11.6 Å². The number of benzene rings is 4. The van der Waals surface area contributed by atoms with Crippen molar-refractivity contribution < 1.29 is 19.4 Å². The number of rotatable bonds is 10. The van der Waals surface area contributed by atoms with E-state index in [1.54, 1.807) is 6.07 Å². The zero-order chi connectivity index (χ0) is 35.0. The molecule has 2 aliphatic rings. The number of carboxylic acids is 1. The van der Waals surface area contributed by atoms with Crippen LogP contribution in [0.5, 0.6) is 5.75 Å². The van der Waals surface area contributed by atoms with Gasteiger partial charge in [-0.15, -0.1) is 0 Å². The molecule has 1 aromatic heterocycles. The van der Waals surface area contributed by atoms with Crippen molar-refractivity contribution in [2.75, 3.05) is 6.61 Å². The molecule has 0 bridgehead atoms. The van der Waals surface area contributed by atoms with Crippen LogP contribution in [0.4, 0.5) is 0 Å². The van der Waals surface area contributed by atoms with E-state index in [1.807, 2.05) is 66.7 Å². The molecule has 0 saturated heterocycles. The Hall–Kier alpha value is -4.91. The number of nitrogens with one attached hydrogen (secondary N) is 1. The molecule has 2 N–H and O–H groups in total. The van der Waals surface area contributed by atoms with Crippen LogP contribution in [0.15, 0.2) is 91.0 Å². The minimum Gasteiger partial charge on any atom is -0.482 e. The molecule has 1 saturated carbocycles. The molecule has 1 fully saturated rings. The number of hydrogen-bond donors (Lipinski definition) is 2. The number of amides is 1. The zero-order valence-electron chi connectivity index (χ0n) is 29.5. The molecule has 258 valence electrons. The summed E-state index contributed by atoms with van der Waals surface area (Å²) in [7, 11) is 0. The van der Waals surface area contributed by atoms with Crippen LogP contribution in [-0.4, -0.2) is 33.1 Å². The van der Waals surface area contributed by atoms with E-state index in [2.05, 4.69) is 55.8 Å². The number of carbonyl (C=O) groups is 2. The van der Waals surface area contributed by atoms with Crippen LogP contribution in [0.25, 0.3) is 22.4 Å². The monoisotopic (exact) mass is 669 g/mol. The highest BCUT2D eigenvalue weighted by atomic mass is 16.5. The molecule has 5 aromatic rings. The van der Waals surface area contributed by atoms with Gasteiger partial charge in [0.2, 0.25) is 0 Å². The lowest BCUT2D eigenvalue weighted by Crippen LogP contribution is -2.50. The fraction of sp³-hybridized carbons (Fsp3) is 0.372. The second kappa shape index (κ2) is 13.4. The first-order valence-corrected chi connectivity index (χ1v) is 17.9. The van der Waals surface area contributed by atoms with Gasteiger partial charge in [-0.25, -0.2) is 9.78 Å². The number of nitrogens with zero attached hydrogens (tertiary/aromatic N) is 2. The van der Waals surface area contributed by atoms with Crippen molar-refractivity contribution in [3.63, 3.8) is 0 Å². The molecule has 2 aliphatic carbocycles. The van der Waals surface area contributed by atoms with Crippen LogP contribution in [0, 0.1) is 11.3 Å². The van der Waals surface area contributed by atoms with Gasteiger partial charge in [0.15, 0.2) is 6.61 Å².